The summed E-state index contributed by atoms with van der Waals surface area (Å²) in [6, 6.07) is 3.27. The van der Waals surface area contributed by atoms with E-state index in [1.54, 1.807) is 12.1 Å². The smallest absolute Gasteiger partial charge is 0.155 e. The third kappa shape index (κ3) is 3.11. The molecule has 0 N–H and O–H groups in total. The Morgan fingerprint density at radius 1 is 1.33 bits per heavy atom. The van der Waals surface area contributed by atoms with Crippen LogP contribution in [0.4, 0.5) is 4.39 Å². The van der Waals surface area contributed by atoms with Gasteiger partial charge in [0.25, 0.3) is 0 Å². The van der Waals surface area contributed by atoms with Crippen LogP contribution in [0.5, 0.6) is 0 Å². The molecule has 1 aromatic carbocycles. The Labute approximate surface area is 85.9 Å². The summed E-state index contributed by atoms with van der Waals surface area (Å²) in [4.78, 5) is 0. The van der Waals surface area contributed by atoms with E-state index in [1.165, 1.54) is 0 Å². The highest BCUT2D eigenvalue weighted by molar-refractivity contribution is 9.10. The van der Waals surface area contributed by atoms with Crippen molar-refractivity contribution in [2.24, 2.45) is 0 Å². The van der Waals surface area contributed by atoms with Gasteiger partial charge in [-0.1, -0.05) is 25.4 Å². The molecule has 68 valence electrons. The van der Waals surface area contributed by atoms with E-state index < -0.39 is 5.82 Å². The van der Waals surface area contributed by atoms with Gasteiger partial charge >= 0.3 is 0 Å². The van der Waals surface area contributed by atoms with E-state index in [9.17, 15) is 4.39 Å². The fraction of sp³-hybridized carbons (Fsp3) is 0.333. The molecular weight excluding hydrogens is 242 g/mol. The molecule has 0 aliphatic rings. The van der Waals surface area contributed by atoms with Crippen LogP contribution in [-0.4, -0.2) is 0 Å². The molecule has 0 aliphatic heterocycles. The first-order valence-electron chi connectivity index (χ1n) is 3.72. The van der Waals surface area contributed by atoms with E-state index in [2.05, 4.69) is 15.9 Å². The standard InChI is InChI=1S/C7H5BrClF.C2H6/c1-4-2-5(8)7(10)6(9)3-4;1-2/h2-3H,1H3;1-2H3. The van der Waals surface area contributed by atoms with Crippen molar-refractivity contribution in [3.8, 4) is 0 Å². The zero-order chi connectivity index (χ0) is 9.72. The lowest BCUT2D eigenvalue weighted by atomic mass is 10.2. The SMILES string of the molecule is CC.Cc1cc(Cl)c(F)c(Br)c1. The van der Waals surface area contributed by atoms with Gasteiger partial charge in [-0.3, -0.25) is 0 Å². The summed E-state index contributed by atoms with van der Waals surface area (Å²) in [5.74, 6) is -0.396. The van der Waals surface area contributed by atoms with Crippen LogP contribution in [0.2, 0.25) is 5.02 Å². The number of halogens is 3. The third-order valence-corrected chi connectivity index (χ3v) is 1.98. The minimum absolute atomic E-state index is 0.159. The van der Waals surface area contributed by atoms with Crippen molar-refractivity contribution < 1.29 is 4.39 Å². The minimum Gasteiger partial charge on any atom is -0.204 e. The highest BCUT2D eigenvalue weighted by Gasteiger charge is 2.03. The Balaban J connectivity index is 0.000000561. The second kappa shape index (κ2) is 5.55. The Morgan fingerprint density at radius 3 is 2.25 bits per heavy atom. The summed E-state index contributed by atoms with van der Waals surface area (Å²) < 4.78 is 13.1. The lowest BCUT2D eigenvalue weighted by molar-refractivity contribution is 0.621. The van der Waals surface area contributed by atoms with Crippen LogP contribution < -0.4 is 0 Å². The predicted octanol–water partition coefficient (Wildman–Crippen LogP) is 4.58. The number of benzene rings is 1. The molecule has 1 aromatic rings. The van der Waals surface area contributed by atoms with Crippen LogP contribution in [0.3, 0.4) is 0 Å². The molecule has 0 radical (unpaired) electrons. The molecule has 0 aliphatic carbocycles. The number of hydrogen-bond donors (Lipinski definition) is 0. The van der Waals surface area contributed by atoms with E-state index in [1.807, 2.05) is 20.8 Å². The molecule has 0 saturated carbocycles. The second-order valence-corrected chi connectivity index (χ2v) is 3.30. The van der Waals surface area contributed by atoms with Crippen molar-refractivity contribution in [3.63, 3.8) is 0 Å². The molecule has 0 atom stereocenters. The van der Waals surface area contributed by atoms with Crippen molar-refractivity contribution in [2.45, 2.75) is 20.8 Å². The Hall–Kier alpha value is -0.0800. The molecule has 0 saturated heterocycles. The highest BCUT2D eigenvalue weighted by atomic mass is 79.9. The summed E-state index contributed by atoms with van der Waals surface area (Å²) in [6.07, 6.45) is 0. The zero-order valence-electron chi connectivity index (χ0n) is 7.29. The topological polar surface area (TPSA) is 0 Å². The lowest BCUT2D eigenvalue weighted by Crippen LogP contribution is -1.80. The van der Waals surface area contributed by atoms with Crippen LogP contribution in [0.1, 0.15) is 19.4 Å². The quantitative estimate of drug-likeness (QED) is 0.594. The predicted molar refractivity (Wildman–Crippen MR) is 55.2 cm³/mol. The molecule has 0 aromatic heterocycles. The first-order chi connectivity index (χ1) is 5.61. The van der Waals surface area contributed by atoms with Gasteiger partial charge in [0, 0.05) is 0 Å². The van der Waals surface area contributed by atoms with Crippen molar-refractivity contribution in [1.82, 2.24) is 0 Å². The van der Waals surface area contributed by atoms with Gasteiger partial charge in [0.2, 0.25) is 0 Å². The summed E-state index contributed by atoms with van der Waals surface area (Å²) in [7, 11) is 0. The molecule has 0 heterocycles. The van der Waals surface area contributed by atoms with Gasteiger partial charge < -0.3 is 0 Å². The largest absolute Gasteiger partial charge is 0.204 e. The maximum atomic E-state index is 12.7. The normalized spacial score (nSPS) is 8.83. The van der Waals surface area contributed by atoms with E-state index in [0.717, 1.165) is 5.56 Å². The molecule has 0 spiro atoms. The Bertz CT molecular complexity index is 238. The van der Waals surface area contributed by atoms with Crippen LogP contribution >= 0.6 is 27.5 Å². The van der Waals surface area contributed by atoms with Crippen LogP contribution in [0.25, 0.3) is 0 Å². The first-order valence-corrected chi connectivity index (χ1v) is 4.89. The van der Waals surface area contributed by atoms with Crippen molar-refractivity contribution in [1.29, 1.82) is 0 Å². The van der Waals surface area contributed by atoms with Gasteiger partial charge in [0.15, 0.2) is 5.82 Å². The summed E-state index contributed by atoms with van der Waals surface area (Å²) in [5, 5.41) is 0.159. The van der Waals surface area contributed by atoms with E-state index in [0.29, 0.717) is 4.47 Å². The Morgan fingerprint density at radius 2 is 1.83 bits per heavy atom. The van der Waals surface area contributed by atoms with E-state index >= 15 is 0 Å². The molecule has 12 heavy (non-hydrogen) atoms. The van der Waals surface area contributed by atoms with E-state index in [-0.39, 0.29) is 5.02 Å². The van der Waals surface area contributed by atoms with Gasteiger partial charge in [0.1, 0.15) is 0 Å². The highest BCUT2D eigenvalue weighted by Crippen LogP contribution is 2.24. The molecule has 1 rings (SSSR count). The van der Waals surface area contributed by atoms with Gasteiger partial charge in [0.05, 0.1) is 9.50 Å². The molecular formula is C9H11BrClF. The van der Waals surface area contributed by atoms with Gasteiger partial charge in [-0.05, 0) is 40.5 Å². The van der Waals surface area contributed by atoms with Crippen LogP contribution in [0, 0.1) is 12.7 Å². The first kappa shape index (κ1) is 11.9. The molecule has 3 heteroatoms. The van der Waals surface area contributed by atoms with Gasteiger partial charge in [-0.2, -0.15) is 0 Å². The Kier molecular flexibility index (Phi) is 5.51. The summed E-state index contributed by atoms with van der Waals surface area (Å²) >= 11 is 8.55. The summed E-state index contributed by atoms with van der Waals surface area (Å²) in [5.41, 5.74) is 0.943. The van der Waals surface area contributed by atoms with Crippen molar-refractivity contribution >= 4 is 27.5 Å². The monoisotopic (exact) mass is 252 g/mol. The number of aryl methyl sites for hydroxylation is 1. The van der Waals surface area contributed by atoms with Crippen LogP contribution in [0.15, 0.2) is 16.6 Å². The summed E-state index contributed by atoms with van der Waals surface area (Å²) in [6.45, 7) is 5.86. The van der Waals surface area contributed by atoms with Crippen molar-refractivity contribution in [3.05, 3.63) is 33.0 Å². The average Bonchev–Trinajstić information content (AvgIpc) is 2.04. The van der Waals surface area contributed by atoms with E-state index in [4.69, 9.17) is 11.6 Å². The lowest BCUT2D eigenvalue weighted by Gasteiger charge is -1.98. The molecule has 0 unspecified atom stereocenters. The third-order valence-electron chi connectivity index (χ3n) is 1.13. The fourth-order valence-corrected chi connectivity index (χ4v) is 1.64. The average molecular weight is 254 g/mol. The molecule has 0 nitrogen and oxygen atoms in total. The number of hydrogen-bond acceptors (Lipinski definition) is 0. The minimum atomic E-state index is -0.396. The van der Waals surface area contributed by atoms with Gasteiger partial charge in [-0.15, -0.1) is 0 Å². The fourth-order valence-electron chi connectivity index (χ4n) is 0.682. The van der Waals surface area contributed by atoms with Crippen molar-refractivity contribution in [2.75, 3.05) is 0 Å². The van der Waals surface area contributed by atoms with Gasteiger partial charge in [-0.25, -0.2) is 4.39 Å². The maximum absolute atomic E-state index is 12.7. The molecule has 0 bridgehead atoms. The molecule has 0 amide bonds. The zero-order valence-corrected chi connectivity index (χ0v) is 9.63. The maximum Gasteiger partial charge on any atom is 0.155 e. The molecule has 0 fully saturated rings. The number of rotatable bonds is 0. The van der Waals surface area contributed by atoms with Crippen LogP contribution in [-0.2, 0) is 0 Å². The second-order valence-electron chi connectivity index (χ2n) is 2.04.